The summed E-state index contributed by atoms with van der Waals surface area (Å²) in [5.41, 5.74) is 6.65. The summed E-state index contributed by atoms with van der Waals surface area (Å²) in [7, 11) is 0. The summed E-state index contributed by atoms with van der Waals surface area (Å²) in [6.07, 6.45) is 0.383. The minimum atomic E-state index is -0.545. The zero-order chi connectivity index (χ0) is 14.9. The molecule has 1 saturated heterocycles. The topological polar surface area (TPSA) is 58.4 Å². The molecule has 1 aliphatic rings. The van der Waals surface area contributed by atoms with Gasteiger partial charge in [-0.3, -0.25) is 15.8 Å². The summed E-state index contributed by atoms with van der Waals surface area (Å²) in [4.78, 5) is 14.4. The Bertz CT molecular complexity index is 488. The van der Waals surface area contributed by atoms with Gasteiger partial charge in [0.25, 0.3) is 0 Å². The van der Waals surface area contributed by atoms with Gasteiger partial charge in [-0.2, -0.15) is 0 Å². The predicted molar refractivity (Wildman–Crippen MR) is 88.7 cm³/mol. The second-order valence-electron chi connectivity index (χ2n) is 6.08. The van der Waals surface area contributed by atoms with Crippen molar-refractivity contribution in [3.63, 3.8) is 0 Å². The molecule has 2 atom stereocenters. The first-order chi connectivity index (χ1) is 9.32. The smallest absolute Gasteiger partial charge is 0.245 e. The second-order valence-corrected chi connectivity index (χ2v) is 7.32. The Morgan fingerprint density at radius 2 is 2.00 bits per heavy atom. The summed E-state index contributed by atoms with van der Waals surface area (Å²) in [5.74, 6) is 0.541. The third-order valence-electron chi connectivity index (χ3n) is 3.62. The van der Waals surface area contributed by atoms with E-state index < -0.39 is 11.8 Å². The van der Waals surface area contributed by atoms with E-state index in [2.05, 4.69) is 41.8 Å². The van der Waals surface area contributed by atoms with Crippen LogP contribution in [0.3, 0.4) is 0 Å². The van der Waals surface area contributed by atoms with Crippen molar-refractivity contribution in [3.05, 3.63) is 33.4 Å². The largest absolute Gasteiger partial charge is 0.308 e. The van der Waals surface area contributed by atoms with Crippen molar-refractivity contribution in [1.82, 2.24) is 10.2 Å². The number of carbonyl (C=O) groups is 1. The van der Waals surface area contributed by atoms with Gasteiger partial charge in [0.05, 0.1) is 5.54 Å². The maximum Gasteiger partial charge on any atom is 0.245 e. The number of benzene rings is 1. The van der Waals surface area contributed by atoms with Gasteiger partial charge >= 0.3 is 0 Å². The Balaban J connectivity index is 2.12. The molecular formula is C15H22IN3O. The SMILES string of the molecule is CC(C)CC1(C)NC(N)N(Cc2ccc(I)cc2)C1=O. The van der Waals surface area contributed by atoms with E-state index in [1.54, 1.807) is 4.90 Å². The zero-order valence-electron chi connectivity index (χ0n) is 12.2. The number of nitrogens with zero attached hydrogens (tertiary/aromatic N) is 1. The monoisotopic (exact) mass is 387 g/mol. The van der Waals surface area contributed by atoms with Crippen LogP contribution in [0.25, 0.3) is 0 Å². The third-order valence-corrected chi connectivity index (χ3v) is 4.34. The van der Waals surface area contributed by atoms with Gasteiger partial charge in [0.1, 0.15) is 6.29 Å². The molecule has 0 aromatic heterocycles. The second kappa shape index (κ2) is 5.99. The molecule has 2 rings (SSSR count). The van der Waals surface area contributed by atoms with Crippen molar-refractivity contribution in [2.24, 2.45) is 11.7 Å². The molecule has 0 radical (unpaired) electrons. The molecule has 110 valence electrons. The molecule has 0 spiro atoms. The summed E-state index contributed by atoms with van der Waals surface area (Å²) in [6.45, 7) is 6.74. The summed E-state index contributed by atoms with van der Waals surface area (Å²) in [5, 5.41) is 3.25. The quantitative estimate of drug-likeness (QED) is 0.780. The molecule has 1 heterocycles. The molecule has 1 amide bonds. The molecule has 20 heavy (non-hydrogen) atoms. The van der Waals surface area contributed by atoms with Crippen LogP contribution in [0.5, 0.6) is 0 Å². The summed E-state index contributed by atoms with van der Waals surface area (Å²) < 4.78 is 1.19. The van der Waals surface area contributed by atoms with E-state index in [9.17, 15) is 4.79 Å². The number of hydrogen-bond donors (Lipinski definition) is 2. The standard InChI is InChI=1S/C15H22IN3O/c1-10(2)8-15(3)13(20)19(14(17)18-15)9-11-4-6-12(16)7-5-11/h4-7,10,14,18H,8-9,17H2,1-3H3. The maximum absolute atomic E-state index is 12.6. The summed E-state index contributed by atoms with van der Waals surface area (Å²) >= 11 is 2.27. The van der Waals surface area contributed by atoms with Gasteiger partial charge < -0.3 is 4.90 Å². The van der Waals surface area contributed by atoms with Gasteiger partial charge in [-0.15, -0.1) is 0 Å². The highest BCUT2D eigenvalue weighted by atomic mass is 127. The van der Waals surface area contributed by atoms with Crippen LogP contribution >= 0.6 is 22.6 Å². The van der Waals surface area contributed by atoms with Crippen LogP contribution in [0.2, 0.25) is 0 Å². The zero-order valence-corrected chi connectivity index (χ0v) is 14.3. The van der Waals surface area contributed by atoms with E-state index in [0.717, 1.165) is 12.0 Å². The molecule has 1 aliphatic heterocycles. The van der Waals surface area contributed by atoms with Crippen molar-refractivity contribution >= 4 is 28.5 Å². The van der Waals surface area contributed by atoms with Crippen LogP contribution in [0.4, 0.5) is 0 Å². The fourth-order valence-electron chi connectivity index (χ4n) is 2.83. The Morgan fingerprint density at radius 3 is 2.55 bits per heavy atom. The van der Waals surface area contributed by atoms with Crippen LogP contribution in [0.1, 0.15) is 32.8 Å². The molecule has 3 N–H and O–H groups in total. The van der Waals surface area contributed by atoms with Crippen molar-refractivity contribution < 1.29 is 4.79 Å². The van der Waals surface area contributed by atoms with Crippen LogP contribution in [-0.2, 0) is 11.3 Å². The third kappa shape index (κ3) is 3.32. The number of halogens is 1. The van der Waals surface area contributed by atoms with Gasteiger partial charge in [0.15, 0.2) is 0 Å². The predicted octanol–water partition coefficient (Wildman–Crippen LogP) is 2.27. The normalized spacial score (nSPS) is 26.6. The lowest BCUT2D eigenvalue weighted by atomic mass is 9.91. The van der Waals surface area contributed by atoms with Crippen LogP contribution < -0.4 is 11.1 Å². The molecule has 0 saturated carbocycles. The molecule has 5 heteroatoms. The van der Waals surface area contributed by atoms with Crippen molar-refractivity contribution in [1.29, 1.82) is 0 Å². The maximum atomic E-state index is 12.6. The highest BCUT2D eigenvalue weighted by molar-refractivity contribution is 14.1. The van der Waals surface area contributed by atoms with E-state index in [4.69, 9.17) is 5.73 Å². The number of hydrogen-bond acceptors (Lipinski definition) is 3. The van der Waals surface area contributed by atoms with Gasteiger partial charge in [0, 0.05) is 10.1 Å². The molecule has 4 nitrogen and oxygen atoms in total. The molecule has 1 fully saturated rings. The molecule has 1 aromatic rings. The Morgan fingerprint density at radius 1 is 1.40 bits per heavy atom. The minimum Gasteiger partial charge on any atom is -0.308 e. The average molecular weight is 387 g/mol. The molecule has 1 aromatic carbocycles. The fourth-order valence-corrected chi connectivity index (χ4v) is 3.19. The van der Waals surface area contributed by atoms with Gasteiger partial charge in [-0.05, 0) is 59.5 Å². The lowest BCUT2D eigenvalue weighted by Crippen LogP contribution is -2.48. The first-order valence-electron chi connectivity index (χ1n) is 6.90. The number of nitrogens with one attached hydrogen (secondary N) is 1. The molecule has 0 aliphatic carbocycles. The first-order valence-corrected chi connectivity index (χ1v) is 7.98. The van der Waals surface area contributed by atoms with Crippen molar-refractivity contribution in [3.8, 4) is 0 Å². The van der Waals surface area contributed by atoms with Crippen LogP contribution in [0, 0.1) is 9.49 Å². The van der Waals surface area contributed by atoms with Gasteiger partial charge in [0.2, 0.25) is 5.91 Å². The lowest BCUT2D eigenvalue weighted by Gasteiger charge is -2.24. The van der Waals surface area contributed by atoms with Gasteiger partial charge in [-0.1, -0.05) is 26.0 Å². The fraction of sp³-hybridized carbons (Fsp3) is 0.533. The Kier molecular flexibility index (Phi) is 4.71. The molecular weight excluding hydrogens is 365 g/mol. The van der Waals surface area contributed by atoms with Crippen LogP contribution in [0.15, 0.2) is 24.3 Å². The van der Waals surface area contributed by atoms with E-state index in [1.165, 1.54) is 3.57 Å². The van der Waals surface area contributed by atoms with Gasteiger partial charge in [-0.25, -0.2) is 0 Å². The van der Waals surface area contributed by atoms with Crippen LogP contribution in [-0.4, -0.2) is 22.6 Å². The number of carbonyl (C=O) groups excluding carboxylic acids is 1. The summed E-state index contributed by atoms with van der Waals surface area (Å²) in [6, 6.07) is 8.17. The Hall–Kier alpha value is -0.660. The Labute approximate surface area is 134 Å². The molecule has 2 unspecified atom stereocenters. The minimum absolute atomic E-state index is 0.0947. The number of rotatable bonds is 4. The van der Waals surface area contributed by atoms with E-state index >= 15 is 0 Å². The lowest BCUT2D eigenvalue weighted by molar-refractivity contribution is -0.133. The van der Waals surface area contributed by atoms with E-state index in [-0.39, 0.29) is 5.91 Å². The average Bonchev–Trinajstić information content (AvgIpc) is 2.54. The molecule has 0 bridgehead atoms. The number of amides is 1. The number of nitrogens with two attached hydrogens (primary N) is 1. The van der Waals surface area contributed by atoms with E-state index in [1.807, 2.05) is 31.2 Å². The van der Waals surface area contributed by atoms with Crippen molar-refractivity contribution in [2.45, 2.75) is 45.6 Å². The first kappa shape index (κ1) is 15.7. The highest BCUT2D eigenvalue weighted by Gasteiger charge is 2.46. The van der Waals surface area contributed by atoms with E-state index in [0.29, 0.717) is 12.5 Å². The van der Waals surface area contributed by atoms with Crippen molar-refractivity contribution in [2.75, 3.05) is 0 Å². The highest BCUT2D eigenvalue weighted by Crippen LogP contribution is 2.26.